The minimum absolute atomic E-state index is 0.0619. The lowest BCUT2D eigenvalue weighted by Gasteiger charge is -2.05. The van der Waals surface area contributed by atoms with Crippen molar-refractivity contribution in [1.82, 2.24) is 0 Å². The molecule has 0 unspecified atom stereocenters. The van der Waals surface area contributed by atoms with E-state index in [1.54, 1.807) is 28.7 Å². The number of benzene rings is 4. The standard InChI is InChI=1S/C15H12OS.C13H7ClOS/c1-9-7-10(2)15-12(8-9)14(16)11-5-3-4-6-13(11)17-15;14-8-5-6-12-10(7-8)13(15)9-3-1-2-4-11(9)16-12/h3-8H,1-2H3;1-7H. The van der Waals surface area contributed by atoms with Crippen molar-refractivity contribution in [2.75, 3.05) is 0 Å². The van der Waals surface area contributed by atoms with Crippen LogP contribution in [0.3, 0.4) is 0 Å². The predicted octanol–water partition coefficient (Wildman–Crippen LogP) is 8.10. The van der Waals surface area contributed by atoms with Crippen molar-refractivity contribution in [1.29, 1.82) is 0 Å². The summed E-state index contributed by atoms with van der Waals surface area (Å²) in [7, 11) is 0. The first-order valence-electron chi connectivity index (χ1n) is 10.5. The Labute approximate surface area is 203 Å². The average Bonchev–Trinajstić information content (AvgIpc) is 2.81. The highest BCUT2D eigenvalue weighted by Gasteiger charge is 2.08. The fourth-order valence-electron chi connectivity index (χ4n) is 4.03. The Hall–Kier alpha value is -3.05. The van der Waals surface area contributed by atoms with Crippen LogP contribution in [0.4, 0.5) is 0 Å². The van der Waals surface area contributed by atoms with E-state index in [1.165, 1.54) is 5.56 Å². The van der Waals surface area contributed by atoms with Gasteiger partial charge in [-0.25, -0.2) is 0 Å². The monoisotopic (exact) mass is 486 g/mol. The summed E-state index contributed by atoms with van der Waals surface area (Å²) >= 11 is 9.22. The lowest BCUT2D eigenvalue weighted by Crippen LogP contribution is -2.01. The number of halogens is 1. The minimum atomic E-state index is 0.0619. The Morgan fingerprint density at radius 1 is 0.606 bits per heavy atom. The summed E-state index contributed by atoms with van der Waals surface area (Å²) in [5.41, 5.74) is 2.55. The molecule has 0 aliphatic heterocycles. The van der Waals surface area contributed by atoms with Crippen LogP contribution in [-0.2, 0) is 0 Å². The van der Waals surface area contributed by atoms with E-state index < -0.39 is 0 Å². The van der Waals surface area contributed by atoms with Gasteiger partial charge in [0.2, 0.25) is 0 Å². The molecule has 0 atom stereocenters. The van der Waals surface area contributed by atoms with Gasteiger partial charge in [0, 0.05) is 45.4 Å². The highest BCUT2D eigenvalue weighted by molar-refractivity contribution is 7.25. The third-order valence-corrected chi connectivity index (χ3v) is 8.25. The Kier molecular flexibility index (Phi) is 5.75. The molecular formula is C28H19ClO2S2. The number of hydrogen-bond donors (Lipinski definition) is 0. The third kappa shape index (κ3) is 4.06. The van der Waals surface area contributed by atoms with Crippen LogP contribution in [0.2, 0.25) is 5.02 Å². The van der Waals surface area contributed by atoms with E-state index in [0.717, 1.165) is 40.5 Å². The molecule has 2 aromatic heterocycles. The van der Waals surface area contributed by atoms with E-state index in [9.17, 15) is 9.59 Å². The Bertz CT molecular complexity index is 1800. The molecule has 0 fully saturated rings. The zero-order chi connectivity index (χ0) is 23.1. The number of fused-ring (bicyclic) bond motifs is 4. The quantitative estimate of drug-likeness (QED) is 0.203. The SMILES string of the molecule is Cc1cc(C)c2sc3ccccc3c(=O)c2c1.O=c1c2ccccc2sc2ccc(Cl)cc12. The largest absolute Gasteiger partial charge is 0.289 e. The van der Waals surface area contributed by atoms with Crippen LogP contribution in [-0.4, -0.2) is 0 Å². The summed E-state index contributed by atoms with van der Waals surface area (Å²) in [6.45, 7) is 4.10. The molecule has 0 aliphatic carbocycles. The number of aryl methyl sites for hydroxylation is 2. The van der Waals surface area contributed by atoms with E-state index in [2.05, 4.69) is 13.0 Å². The molecule has 6 aromatic rings. The lowest BCUT2D eigenvalue weighted by molar-refractivity contribution is 1.44. The molecule has 0 saturated heterocycles. The Morgan fingerprint density at radius 2 is 1.18 bits per heavy atom. The number of hydrogen-bond acceptors (Lipinski definition) is 4. The smallest absolute Gasteiger partial charge is 0.195 e. The van der Waals surface area contributed by atoms with Gasteiger partial charge in [-0.05, 0) is 67.9 Å². The maximum Gasteiger partial charge on any atom is 0.195 e. The van der Waals surface area contributed by atoms with Gasteiger partial charge in [0.1, 0.15) is 0 Å². The molecular weight excluding hydrogens is 468 g/mol. The molecule has 2 heterocycles. The second-order valence-corrected chi connectivity index (χ2v) is 10.5. The van der Waals surface area contributed by atoms with E-state index in [-0.39, 0.29) is 10.9 Å². The van der Waals surface area contributed by atoms with Crippen molar-refractivity contribution >= 4 is 74.6 Å². The first-order valence-corrected chi connectivity index (χ1v) is 12.5. The first kappa shape index (κ1) is 21.8. The Balaban J connectivity index is 0.000000139. The normalized spacial score (nSPS) is 11.1. The average molecular weight is 487 g/mol. The summed E-state index contributed by atoms with van der Waals surface area (Å²) in [6.07, 6.45) is 0. The predicted molar refractivity (Wildman–Crippen MR) is 146 cm³/mol. The molecule has 33 heavy (non-hydrogen) atoms. The molecule has 0 spiro atoms. The van der Waals surface area contributed by atoms with Gasteiger partial charge in [-0.3, -0.25) is 9.59 Å². The van der Waals surface area contributed by atoms with Gasteiger partial charge in [-0.2, -0.15) is 0 Å². The highest BCUT2D eigenvalue weighted by atomic mass is 35.5. The zero-order valence-corrected chi connectivity index (χ0v) is 20.4. The van der Waals surface area contributed by atoms with Gasteiger partial charge in [0.25, 0.3) is 0 Å². The van der Waals surface area contributed by atoms with Crippen molar-refractivity contribution in [2.45, 2.75) is 13.8 Å². The molecule has 5 heteroatoms. The van der Waals surface area contributed by atoms with Crippen LogP contribution in [0.15, 0.2) is 88.5 Å². The van der Waals surface area contributed by atoms with Crippen LogP contribution in [0.25, 0.3) is 40.3 Å². The molecule has 0 saturated carbocycles. The van der Waals surface area contributed by atoms with Crippen LogP contribution < -0.4 is 10.9 Å². The van der Waals surface area contributed by atoms with Crippen molar-refractivity contribution in [2.24, 2.45) is 0 Å². The van der Waals surface area contributed by atoms with Gasteiger partial charge < -0.3 is 0 Å². The van der Waals surface area contributed by atoms with Crippen LogP contribution in [0.5, 0.6) is 0 Å². The van der Waals surface area contributed by atoms with E-state index in [0.29, 0.717) is 10.4 Å². The highest BCUT2D eigenvalue weighted by Crippen LogP contribution is 2.28. The van der Waals surface area contributed by atoms with E-state index >= 15 is 0 Å². The van der Waals surface area contributed by atoms with Gasteiger partial charge in [-0.1, -0.05) is 47.5 Å². The van der Waals surface area contributed by atoms with E-state index in [4.69, 9.17) is 11.6 Å². The van der Waals surface area contributed by atoms with Gasteiger partial charge >= 0.3 is 0 Å². The molecule has 0 bridgehead atoms. The van der Waals surface area contributed by atoms with Crippen molar-refractivity contribution in [3.8, 4) is 0 Å². The van der Waals surface area contributed by atoms with Gasteiger partial charge in [0.15, 0.2) is 10.9 Å². The second-order valence-electron chi connectivity index (χ2n) is 7.95. The summed E-state index contributed by atoms with van der Waals surface area (Å²) in [5, 5.41) is 3.76. The summed E-state index contributed by atoms with van der Waals surface area (Å²) in [6, 6.07) is 25.0. The summed E-state index contributed by atoms with van der Waals surface area (Å²) < 4.78 is 4.17. The van der Waals surface area contributed by atoms with Crippen molar-refractivity contribution in [3.05, 3.63) is 115 Å². The molecule has 0 radical (unpaired) electrons. The van der Waals surface area contributed by atoms with Crippen molar-refractivity contribution in [3.63, 3.8) is 0 Å². The summed E-state index contributed by atoms with van der Waals surface area (Å²) in [5.74, 6) is 0. The molecule has 2 nitrogen and oxygen atoms in total. The van der Waals surface area contributed by atoms with Crippen LogP contribution in [0, 0.1) is 13.8 Å². The summed E-state index contributed by atoms with van der Waals surface area (Å²) in [4.78, 5) is 24.6. The molecule has 0 aliphatic rings. The van der Waals surface area contributed by atoms with Gasteiger partial charge in [0.05, 0.1) is 0 Å². The molecule has 0 N–H and O–H groups in total. The van der Waals surface area contributed by atoms with Crippen molar-refractivity contribution < 1.29 is 0 Å². The van der Waals surface area contributed by atoms with Crippen LogP contribution >= 0.6 is 34.3 Å². The lowest BCUT2D eigenvalue weighted by atomic mass is 10.1. The Morgan fingerprint density at radius 3 is 1.88 bits per heavy atom. The minimum Gasteiger partial charge on any atom is -0.289 e. The molecule has 6 rings (SSSR count). The zero-order valence-electron chi connectivity index (χ0n) is 18.0. The van der Waals surface area contributed by atoms with Crippen LogP contribution in [0.1, 0.15) is 11.1 Å². The fraction of sp³-hybridized carbons (Fsp3) is 0.0714. The molecule has 0 amide bonds. The third-order valence-electron chi connectivity index (χ3n) is 5.55. The maximum atomic E-state index is 12.4. The second kappa shape index (κ2) is 8.71. The first-order chi connectivity index (χ1) is 15.9. The topological polar surface area (TPSA) is 34.1 Å². The van der Waals surface area contributed by atoms with Gasteiger partial charge in [-0.15, -0.1) is 22.7 Å². The maximum absolute atomic E-state index is 12.4. The fourth-order valence-corrected chi connectivity index (χ4v) is 6.37. The molecule has 4 aromatic carbocycles. The van der Waals surface area contributed by atoms with E-state index in [1.807, 2.05) is 73.7 Å². The molecule has 162 valence electrons. The number of rotatable bonds is 0.